The van der Waals surface area contributed by atoms with Crippen LogP contribution in [0.5, 0.6) is 0 Å². The summed E-state index contributed by atoms with van der Waals surface area (Å²) in [6, 6.07) is 0. The predicted molar refractivity (Wildman–Crippen MR) is 54.6 cm³/mol. The fourth-order valence-electron chi connectivity index (χ4n) is 0.864. The predicted octanol–water partition coefficient (Wildman–Crippen LogP) is 2.21. The molecule has 0 bridgehead atoms. The van der Waals surface area contributed by atoms with Gasteiger partial charge in [-0.15, -0.1) is 5.54 Å². The van der Waals surface area contributed by atoms with E-state index in [1.165, 1.54) is 0 Å². The molecule has 0 radical (unpaired) electrons. The van der Waals surface area contributed by atoms with Gasteiger partial charge in [-0.1, -0.05) is 37.7 Å². The van der Waals surface area contributed by atoms with Crippen LogP contribution < -0.4 is 0 Å². The first-order valence-electron chi connectivity index (χ1n) is 4.34. The maximum absolute atomic E-state index is 5.31. The lowest BCUT2D eigenvalue weighted by Crippen LogP contribution is -2.16. The quantitative estimate of drug-likeness (QED) is 0.261. The normalized spacial score (nSPS) is 28.3. The minimum absolute atomic E-state index is 0.188. The molecule has 0 N–H and O–H groups in total. The van der Waals surface area contributed by atoms with Crippen molar-refractivity contribution < 1.29 is 4.74 Å². The topological polar surface area (TPSA) is 12.5 Å². The molecule has 66 valence electrons. The van der Waals surface area contributed by atoms with Crippen LogP contribution in [0, 0.1) is 11.5 Å². The highest BCUT2D eigenvalue weighted by atomic mass is 28.3. The summed E-state index contributed by atoms with van der Waals surface area (Å²) < 4.78 is 5.31. The van der Waals surface area contributed by atoms with Crippen LogP contribution in [0.2, 0.25) is 19.6 Å². The second-order valence-electron chi connectivity index (χ2n) is 4.07. The molecular formula is C10H16OSi. The van der Waals surface area contributed by atoms with Gasteiger partial charge in [0.25, 0.3) is 0 Å². The summed E-state index contributed by atoms with van der Waals surface area (Å²) in [5.41, 5.74) is 3.30. The molecule has 1 fully saturated rings. The van der Waals surface area contributed by atoms with E-state index in [2.05, 4.69) is 37.2 Å². The maximum Gasteiger partial charge on any atom is 0.148 e. The van der Waals surface area contributed by atoms with Gasteiger partial charge in [0.2, 0.25) is 0 Å². The Bertz CT molecular complexity index is 239. The molecule has 1 heterocycles. The van der Waals surface area contributed by atoms with Crippen LogP contribution in [0.3, 0.4) is 0 Å². The molecular weight excluding hydrogens is 164 g/mol. The Morgan fingerprint density at radius 1 is 1.33 bits per heavy atom. The molecule has 0 unspecified atom stereocenters. The first kappa shape index (κ1) is 9.56. The molecule has 0 spiro atoms. The van der Waals surface area contributed by atoms with Gasteiger partial charge in [-0.2, -0.15) is 0 Å². The van der Waals surface area contributed by atoms with Crippen LogP contribution >= 0.6 is 0 Å². The van der Waals surface area contributed by atoms with Crippen molar-refractivity contribution in [1.82, 2.24) is 0 Å². The van der Waals surface area contributed by atoms with E-state index in [1.807, 2.05) is 13.0 Å². The van der Waals surface area contributed by atoms with Crippen LogP contribution in [0.1, 0.15) is 6.92 Å². The first-order chi connectivity index (χ1) is 5.53. The average molecular weight is 180 g/mol. The SMILES string of the molecule is C/C=C/[C@@H]1O[C@H]1C#C[Si](C)(C)C. The van der Waals surface area contributed by atoms with Crippen LogP contribution in [-0.4, -0.2) is 20.3 Å². The smallest absolute Gasteiger partial charge is 0.148 e. The summed E-state index contributed by atoms with van der Waals surface area (Å²) in [7, 11) is -1.20. The molecule has 0 aromatic carbocycles. The molecule has 1 rings (SSSR count). The lowest BCUT2D eigenvalue weighted by molar-refractivity contribution is 0.417. The number of allylic oxidation sites excluding steroid dienone is 1. The Hall–Kier alpha value is -0.523. The van der Waals surface area contributed by atoms with Crippen molar-refractivity contribution in [3.8, 4) is 11.5 Å². The molecule has 12 heavy (non-hydrogen) atoms. The highest BCUT2D eigenvalue weighted by molar-refractivity contribution is 6.83. The molecule has 0 aliphatic carbocycles. The van der Waals surface area contributed by atoms with Crippen molar-refractivity contribution in [2.75, 3.05) is 0 Å². The van der Waals surface area contributed by atoms with Crippen molar-refractivity contribution in [2.45, 2.75) is 38.8 Å². The van der Waals surface area contributed by atoms with Crippen LogP contribution in [-0.2, 0) is 4.74 Å². The number of rotatable bonds is 1. The van der Waals surface area contributed by atoms with Gasteiger partial charge in [0.1, 0.15) is 20.3 Å². The third-order valence-electron chi connectivity index (χ3n) is 1.50. The van der Waals surface area contributed by atoms with Crippen LogP contribution in [0.15, 0.2) is 12.2 Å². The standard InChI is InChI=1S/C10H16OSi/c1-5-6-9-10(11-9)7-8-12(2,3)4/h5-6,9-10H,1-4H3/b6-5+/t9-,10-/m0/s1. The van der Waals surface area contributed by atoms with E-state index in [9.17, 15) is 0 Å². The third-order valence-corrected chi connectivity index (χ3v) is 2.39. The minimum Gasteiger partial charge on any atom is -0.351 e. The van der Waals surface area contributed by atoms with E-state index in [4.69, 9.17) is 4.74 Å². The van der Waals surface area contributed by atoms with Gasteiger partial charge >= 0.3 is 0 Å². The van der Waals surface area contributed by atoms with Gasteiger partial charge in [-0.25, -0.2) is 0 Å². The summed E-state index contributed by atoms with van der Waals surface area (Å²) in [5, 5.41) is 0. The maximum atomic E-state index is 5.31. The lowest BCUT2D eigenvalue weighted by Gasteiger charge is -2.02. The molecule has 1 aliphatic heterocycles. The largest absolute Gasteiger partial charge is 0.351 e. The molecule has 1 nitrogen and oxygen atoms in total. The molecule has 0 aromatic heterocycles. The highest BCUT2D eigenvalue weighted by Crippen LogP contribution is 2.22. The number of hydrogen-bond donors (Lipinski definition) is 0. The number of hydrogen-bond acceptors (Lipinski definition) is 1. The average Bonchev–Trinajstić information content (AvgIpc) is 2.63. The fourth-order valence-corrected chi connectivity index (χ4v) is 1.44. The van der Waals surface area contributed by atoms with Crippen LogP contribution in [0.25, 0.3) is 0 Å². The van der Waals surface area contributed by atoms with Gasteiger partial charge in [-0.3, -0.25) is 0 Å². The van der Waals surface area contributed by atoms with Crippen LogP contribution in [0.4, 0.5) is 0 Å². The summed E-state index contributed by atoms with van der Waals surface area (Å²) in [6.07, 6.45) is 4.54. The molecule has 0 saturated carbocycles. The minimum atomic E-state index is -1.20. The monoisotopic (exact) mass is 180 g/mol. The zero-order valence-corrected chi connectivity index (χ0v) is 9.22. The Morgan fingerprint density at radius 3 is 2.50 bits per heavy atom. The van der Waals surface area contributed by atoms with E-state index in [-0.39, 0.29) is 12.2 Å². The number of epoxide rings is 1. The third kappa shape index (κ3) is 3.25. The summed E-state index contributed by atoms with van der Waals surface area (Å²) in [4.78, 5) is 0. The van der Waals surface area contributed by atoms with E-state index in [0.717, 1.165) is 0 Å². The Morgan fingerprint density at radius 2 is 2.00 bits per heavy atom. The van der Waals surface area contributed by atoms with E-state index >= 15 is 0 Å². The molecule has 2 heteroatoms. The second kappa shape index (κ2) is 3.47. The van der Waals surface area contributed by atoms with Gasteiger partial charge in [0, 0.05) is 0 Å². The van der Waals surface area contributed by atoms with E-state index in [1.54, 1.807) is 0 Å². The second-order valence-corrected chi connectivity index (χ2v) is 8.82. The van der Waals surface area contributed by atoms with E-state index < -0.39 is 8.07 Å². The molecule has 2 atom stereocenters. The van der Waals surface area contributed by atoms with Crippen molar-refractivity contribution in [3.05, 3.63) is 12.2 Å². The van der Waals surface area contributed by atoms with Crippen molar-refractivity contribution >= 4 is 8.07 Å². The van der Waals surface area contributed by atoms with Gasteiger partial charge < -0.3 is 4.74 Å². The Labute approximate surface area is 75.8 Å². The first-order valence-corrected chi connectivity index (χ1v) is 7.84. The van der Waals surface area contributed by atoms with Crippen molar-refractivity contribution in [2.24, 2.45) is 0 Å². The molecule has 1 saturated heterocycles. The summed E-state index contributed by atoms with van der Waals surface area (Å²) in [6.45, 7) is 8.73. The summed E-state index contributed by atoms with van der Waals surface area (Å²) >= 11 is 0. The molecule has 0 aromatic rings. The fraction of sp³-hybridized carbons (Fsp3) is 0.600. The van der Waals surface area contributed by atoms with Gasteiger partial charge in [0.05, 0.1) is 0 Å². The van der Waals surface area contributed by atoms with Crippen molar-refractivity contribution in [3.63, 3.8) is 0 Å². The zero-order valence-electron chi connectivity index (χ0n) is 8.22. The Kier molecular flexibility index (Phi) is 2.76. The van der Waals surface area contributed by atoms with Gasteiger partial charge in [-0.05, 0) is 6.92 Å². The van der Waals surface area contributed by atoms with Crippen molar-refractivity contribution in [1.29, 1.82) is 0 Å². The molecule has 0 amide bonds. The highest BCUT2D eigenvalue weighted by Gasteiger charge is 2.34. The molecule has 1 aliphatic rings. The van der Waals surface area contributed by atoms with E-state index in [0.29, 0.717) is 0 Å². The lowest BCUT2D eigenvalue weighted by atomic mass is 10.3. The Balaban J connectivity index is 2.39. The summed E-state index contributed by atoms with van der Waals surface area (Å²) in [5.74, 6) is 3.17. The zero-order chi connectivity index (χ0) is 9.19. The van der Waals surface area contributed by atoms with Gasteiger partial charge in [0.15, 0.2) is 0 Å². The number of ether oxygens (including phenoxy) is 1.